The molecule has 0 saturated heterocycles. The maximum atomic E-state index is 12.2. The van der Waals surface area contributed by atoms with Crippen molar-refractivity contribution in [2.75, 3.05) is 11.9 Å². The highest BCUT2D eigenvalue weighted by Gasteiger charge is 2.14. The molecule has 0 aliphatic carbocycles. The minimum Gasteiger partial charge on any atom is -0.300 e. The molecular weight excluding hydrogens is 496 g/mol. The summed E-state index contributed by atoms with van der Waals surface area (Å²) >= 11 is 6.20. The highest BCUT2D eigenvalue weighted by molar-refractivity contribution is 9.10. The molecule has 0 aliphatic rings. The molecule has 3 rings (SSSR count). The molecule has 1 aromatic heterocycles. The number of sulfonamides is 1. The Morgan fingerprint density at radius 1 is 1.07 bits per heavy atom. The van der Waals surface area contributed by atoms with Gasteiger partial charge in [0.1, 0.15) is 5.01 Å². The summed E-state index contributed by atoms with van der Waals surface area (Å²) in [5.74, 6) is 0.326. The molecule has 2 aromatic carbocycles. The van der Waals surface area contributed by atoms with Crippen LogP contribution in [0, 0.1) is 0 Å². The van der Waals surface area contributed by atoms with Crippen molar-refractivity contribution in [2.45, 2.75) is 22.0 Å². The van der Waals surface area contributed by atoms with Gasteiger partial charge in [-0.05, 0) is 36.4 Å². The van der Waals surface area contributed by atoms with E-state index in [9.17, 15) is 13.2 Å². The molecule has 29 heavy (non-hydrogen) atoms. The fourth-order valence-electron chi connectivity index (χ4n) is 2.20. The molecule has 0 bridgehead atoms. The zero-order chi connectivity index (χ0) is 20.7. The van der Waals surface area contributed by atoms with Gasteiger partial charge < -0.3 is 5.32 Å². The highest BCUT2D eigenvalue weighted by Crippen LogP contribution is 2.25. The van der Waals surface area contributed by atoms with Crippen LogP contribution in [0.25, 0.3) is 0 Å². The van der Waals surface area contributed by atoms with E-state index in [1.807, 2.05) is 30.3 Å². The first-order chi connectivity index (χ1) is 13.9. The number of anilines is 1. The minimum atomic E-state index is -3.65. The summed E-state index contributed by atoms with van der Waals surface area (Å²) < 4.78 is 27.6. The molecule has 0 fully saturated rings. The summed E-state index contributed by atoms with van der Waals surface area (Å²) in [5.41, 5.74) is 0. The van der Waals surface area contributed by atoms with Gasteiger partial charge in [0, 0.05) is 22.3 Å². The predicted octanol–water partition coefficient (Wildman–Crippen LogP) is 3.90. The summed E-state index contributed by atoms with van der Waals surface area (Å²) in [6.07, 6.45) is -0.0105. The maximum Gasteiger partial charge on any atom is 0.240 e. The zero-order valence-corrected chi connectivity index (χ0v) is 19.1. The van der Waals surface area contributed by atoms with Crippen molar-refractivity contribution < 1.29 is 13.2 Å². The molecule has 0 radical (unpaired) electrons. The van der Waals surface area contributed by atoms with Gasteiger partial charge in [0.25, 0.3) is 0 Å². The van der Waals surface area contributed by atoms with Gasteiger partial charge in [-0.2, -0.15) is 0 Å². The third-order valence-corrected chi connectivity index (χ3v) is 7.64. The average Bonchev–Trinajstić information content (AvgIpc) is 3.14. The lowest BCUT2D eigenvalue weighted by Gasteiger charge is -2.06. The number of nitrogens with zero attached hydrogens (tertiary/aromatic N) is 2. The molecule has 0 saturated carbocycles. The van der Waals surface area contributed by atoms with E-state index in [2.05, 4.69) is 36.2 Å². The average molecular weight is 513 g/mol. The van der Waals surface area contributed by atoms with Gasteiger partial charge in [0.2, 0.25) is 21.1 Å². The Kier molecular flexibility index (Phi) is 7.78. The topological polar surface area (TPSA) is 101 Å². The summed E-state index contributed by atoms with van der Waals surface area (Å²) in [6, 6.07) is 16.2. The maximum absolute atomic E-state index is 12.2. The third kappa shape index (κ3) is 6.89. The van der Waals surface area contributed by atoms with Crippen LogP contribution in [0.2, 0.25) is 0 Å². The van der Waals surface area contributed by atoms with Gasteiger partial charge in [-0.15, -0.1) is 22.0 Å². The van der Waals surface area contributed by atoms with Crippen molar-refractivity contribution in [1.29, 1.82) is 0 Å². The molecule has 2 N–H and O–H groups in total. The highest BCUT2D eigenvalue weighted by atomic mass is 79.9. The molecule has 11 heteroatoms. The monoisotopic (exact) mass is 512 g/mol. The molecule has 3 aromatic rings. The third-order valence-electron chi connectivity index (χ3n) is 3.59. The van der Waals surface area contributed by atoms with Crippen LogP contribution in [0.3, 0.4) is 0 Å². The van der Waals surface area contributed by atoms with E-state index >= 15 is 0 Å². The molecule has 1 heterocycles. The number of aromatic nitrogens is 2. The fraction of sp³-hybridized carbons (Fsp3) is 0.167. The second-order valence-corrected chi connectivity index (χ2v) is 10.5. The Bertz CT molecular complexity index is 1060. The minimum absolute atomic E-state index is 0.0105. The van der Waals surface area contributed by atoms with E-state index in [4.69, 9.17) is 0 Å². The number of benzene rings is 2. The lowest BCUT2D eigenvalue weighted by Crippen LogP contribution is -2.27. The van der Waals surface area contributed by atoms with Crippen molar-refractivity contribution in [2.24, 2.45) is 0 Å². The standard InChI is InChI=1S/C18H17BrN4O3S3/c19-13-6-8-15(9-7-13)29(25,26)20-11-10-16(24)21-18-23-22-17(28-18)12-27-14-4-2-1-3-5-14/h1-9,20H,10-12H2,(H,21,23,24). The van der Waals surface area contributed by atoms with Crippen LogP contribution in [0.5, 0.6) is 0 Å². The predicted molar refractivity (Wildman–Crippen MR) is 118 cm³/mol. The van der Waals surface area contributed by atoms with Crippen molar-refractivity contribution in [1.82, 2.24) is 14.9 Å². The van der Waals surface area contributed by atoms with Gasteiger partial charge in [-0.25, -0.2) is 13.1 Å². The van der Waals surface area contributed by atoms with Crippen LogP contribution >= 0.6 is 39.0 Å². The number of nitrogens with one attached hydrogen (secondary N) is 2. The van der Waals surface area contributed by atoms with Crippen molar-refractivity contribution in [3.8, 4) is 0 Å². The molecule has 0 aliphatic heterocycles. The number of amides is 1. The molecule has 152 valence electrons. The lowest BCUT2D eigenvalue weighted by atomic mass is 10.4. The lowest BCUT2D eigenvalue weighted by molar-refractivity contribution is -0.116. The fourth-order valence-corrected chi connectivity index (χ4v) is 5.16. The van der Waals surface area contributed by atoms with Gasteiger partial charge in [-0.1, -0.05) is 45.5 Å². The Morgan fingerprint density at radius 2 is 1.79 bits per heavy atom. The summed E-state index contributed by atoms with van der Waals surface area (Å²) in [5, 5.41) is 11.9. The first-order valence-electron chi connectivity index (χ1n) is 8.48. The second-order valence-electron chi connectivity index (χ2n) is 5.75. The van der Waals surface area contributed by atoms with Crippen LogP contribution in [0.1, 0.15) is 11.4 Å². The zero-order valence-electron chi connectivity index (χ0n) is 15.0. The van der Waals surface area contributed by atoms with Gasteiger partial charge in [0.05, 0.1) is 10.6 Å². The van der Waals surface area contributed by atoms with E-state index in [-0.39, 0.29) is 23.8 Å². The van der Waals surface area contributed by atoms with Crippen LogP contribution < -0.4 is 10.0 Å². The van der Waals surface area contributed by atoms with Gasteiger partial charge in [0.15, 0.2) is 0 Å². The van der Waals surface area contributed by atoms with Crippen molar-refractivity contribution in [3.05, 3.63) is 64.1 Å². The Balaban J connectivity index is 1.44. The molecule has 1 amide bonds. The van der Waals surface area contributed by atoms with Gasteiger partial charge in [-0.3, -0.25) is 4.79 Å². The summed E-state index contributed by atoms with van der Waals surface area (Å²) in [4.78, 5) is 13.3. The van der Waals surface area contributed by atoms with Crippen LogP contribution in [-0.2, 0) is 20.6 Å². The molecule has 0 unspecified atom stereocenters. The number of carbonyl (C=O) groups is 1. The smallest absolute Gasteiger partial charge is 0.240 e. The normalized spacial score (nSPS) is 11.3. The quantitative estimate of drug-likeness (QED) is 0.421. The largest absolute Gasteiger partial charge is 0.300 e. The number of hydrogen-bond acceptors (Lipinski definition) is 7. The number of hydrogen-bond donors (Lipinski definition) is 2. The molecule has 0 spiro atoms. The van der Waals surface area contributed by atoms with Crippen LogP contribution in [-0.4, -0.2) is 31.1 Å². The Labute approximate surface area is 185 Å². The molecule has 0 atom stereocenters. The van der Waals surface area contributed by atoms with Crippen molar-refractivity contribution in [3.63, 3.8) is 0 Å². The number of rotatable bonds is 9. The SMILES string of the molecule is O=C(CCNS(=O)(=O)c1ccc(Br)cc1)Nc1nnc(CSc2ccccc2)s1. The van der Waals surface area contributed by atoms with E-state index in [0.717, 1.165) is 14.4 Å². The first-order valence-corrected chi connectivity index (χ1v) is 12.6. The van der Waals surface area contributed by atoms with Gasteiger partial charge >= 0.3 is 0 Å². The van der Waals surface area contributed by atoms with E-state index in [1.54, 1.807) is 23.9 Å². The van der Waals surface area contributed by atoms with E-state index in [1.165, 1.54) is 23.5 Å². The van der Waals surface area contributed by atoms with Crippen molar-refractivity contribution >= 4 is 60.1 Å². The van der Waals surface area contributed by atoms with E-state index < -0.39 is 10.0 Å². The molecular formula is C18H17BrN4O3S3. The second kappa shape index (κ2) is 10.3. The summed E-state index contributed by atoms with van der Waals surface area (Å²) in [7, 11) is -3.65. The van der Waals surface area contributed by atoms with Crippen LogP contribution in [0.4, 0.5) is 5.13 Å². The molecule has 7 nitrogen and oxygen atoms in total. The van der Waals surface area contributed by atoms with E-state index in [0.29, 0.717) is 10.9 Å². The Hall–Kier alpha value is -1.79. The summed E-state index contributed by atoms with van der Waals surface area (Å²) in [6.45, 7) is -0.0141. The number of thioether (sulfide) groups is 1. The number of carbonyl (C=O) groups excluding carboxylic acids is 1. The first kappa shape index (κ1) is 21.9. The Morgan fingerprint density at radius 3 is 2.52 bits per heavy atom. The number of halogens is 1. The van der Waals surface area contributed by atoms with Crippen LogP contribution in [0.15, 0.2) is 68.9 Å².